The molecule has 0 spiro atoms. The van der Waals surface area contributed by atoms with Crippen molar-refractivity contribution < 1.29 is 13.6 Å². The molecule has 3 rings (SSSR count). The van der Waals surface area contributed by atoms with Crippen molar-refractivity contribution in [2.75, 3.05) is 0 Å². The number of hydrogen-bond acceptors (Lipinski definition) is 4. The number of nitrogens with one attached hydrogen (secondary N) is 1. The second-order valence-electron chi connectivity index (χ2n) is 9.54. The lowest BCUT2D eigenvalue weighted by Gasteiger charge is -2.27. The van der Waals surface area contributed by atoms with E-state index in [9.17, 15) is 9.18 Å². The van der Waals surface area contributed by atoms with Crippen molar-refractivity contribution in [1.82, 2.24) is 15.2 Å². The van der Waals surface area contributed by atoms with Crippen LogP contribution >= 0.6 is 0 Å². The number of hydrogen-bond donors (Lipinski definition) is 1. The summed E-state index contributed by atoms with van der Waals surface area (Å²) in [6, 6.07) is 15.1. The third kappa shape index (κ3) is 6.99. The van der Waals surface area contributed by atoms with Crippen molar-refractivity contribution in [3.63, 3.8) is 0 Å². The fraction of sp³-hybridized carbons (Fsp3) is 0.407. The van der Waals surface area contributed by atoms with Gasteiger partial charge in [0.25, 0.3) is 5.91 Å². The van der Waals surface area contributed by atoms with E-state index in [0.717, 1.165) is 18.5 Å². The molecule has 1 N–H and O–H groups in total. The van der Waals surface area contributed by atoms with Gasteiger partial charge in [-0.25, -0.2) is 9.37 Å². The third-order valence-electron chi connectivity index (χ3n) is 5.91. The lowest BCUT2D eigenvalue weighted by Crippen LogP contribution is -2.32. The molecule has 176 valence electrons. The first-order chi connectivity index (χ1) is 15.7. The summed E-state index contributed by atoms with van der Waals surface area (Å²) < 4.78 is 18.6. The Hall–Kier alpha value is -2.99. The molecule has 0 bridgehead atoms. The number of benzene rings is 2. The number of carbonyl (C=O) groups excluding carboxylic acids is 1. The standard InChI is InChI=1S/C27H34FN3O2/c1-6-19(2)31(16-21-7-11-22(12-8-21)27(3,4)5)17-25-30-24(18-33-25)26(32)29-15-20-9-13-23(28)14-10-20/h7-14,18-19H,6,15-17H2,1-5H3,(H,29,32)/t19-/m1/s1. The predicted molar refractivity (Wildman–Crippen MR) is 128 cm³/mol. The molecule has 0 radical (unpaired) electrons. The number of aromatic nitrogens is 1. The Labute approximate surface area is 196 Å². The van der Waals surface area contributed by atoms with Crippen molar-refractivity contribution in [3.8, 4) is 0 Å². The molecule has 2 aromatic carbocycles. The van der Waals surface area contributed by atoms with Gasteiger partial charge in [-0.05, 0) is 47.6 Å². The molecule has 33 heavy (non-hydrogen) atoms. The lowest BCUT2D eigenvalue weighted by atomic mass is 9.87. The fourth-order valence-electron chi connectivity index (χ4n) is 3.51. The van der Waals surface area contributed by atoms with Gasteiger partial charge in [-0.15, -0.1) is 0 Å². The van der Waals surface area contributed by atoms with Gasteiger partial charge in [0.2, 0.25) is 5.89 Å². The van der Waals surface area contributed by atoms with Gasteiger partial charge in [-0.1, -0.05) is 64.1 Å². The Bertz CT molecular complexity index is 1040. The molecule has 0 aliphatic heterocycles. The van der Waals surface area contributed by atoms with E-state index < -0.39 is 0 Å². The van der Waals surface area contributed by atoms with Crippen LogP contribution in [-0.4, -0.2) is 21.8 Å². The largest absolute Gasteiger partial charge is 0.447 e. The van der Waals surface area contributed by atoms with Crippen LogP contribution in [0.25, 0.3) is 0 Å². The number of rotatable bonds is 9. The first-order valence-electron chi connectivity index (χ1n) is 11.5. The lowest BCUT2D eigenvalue weighted by molar-refractivity contribution is 0.0945. The predicted octanol–water partition coefficient (Wildman–Crippen LogP) is 5.84. The van der Waals surface area contributed by atoms with Crippen molar-refractivity contribution in [2.45, 2.75) is 72.1 Å². The summed E-state index contributed by atoms with van der Waals surface area (Å²) in [5, 5.41) is 2.79. The van der Waals surface area contributed by atoms with E-state index in [4.69, 9.17) is 4.42 Å². The van der Waals surface area contributed by atoms with Gasteiger partial charge in [0.15, 0.2) is 5.69 Å². The van der Waals surface area contributed by atoms with Gasteiger partial charge in [0.1, 0.15) is 12.1 Å². The highest BCUT2D eigenvalue weighted by atomic mass is 19.1. The molecule has 0 unspecified atom stereocenters. The van der Waals surface area contributed by atoms with Gasteiger partial charge in [0, 0.05) is 19.1 Å². The van der Waals surface area contributed by atoms with Gasteiger partial charge in [0.05, 0.1) is 6.54 Å². The molecule has 0 aliphatic rings. The Morgan fingerprint density at radius 2 is 1.70 bits per heavy atom. The van der Waals surface area contributed by atoms with Gasteiger partial charge >= 0.3 is 0 Å². The van der Waals surface area contributed by atoms with E-state index in [0.29, 0.717) is 25.0 Å². The smallest absolute Gasteiger partial charge is 0.273 e. The van der Waals surface area contributed by atoms with Crippen LogP contribution in [0.3, 0.4) is 0 Å². The van der Waals surface area contributed by atoms with Crippen LogP contribution in [0, 0.1) is 5.82 Å². The van der Waals surface area contributed by atoms with E-state index in [1.807, 2.05) is 0 Å². The molecular formula is C27H34FN3O2. The molecule has 5 nitrogen and oxygen atoms in total. The van der Waals surface area contributed by atoms with Crippen molar-refractivity contribution >= 4 is 5.91 Å². The van der Waals surface area contributed by atoms with Gasteiger partial charge in [-0.3, -0.25) is 9.69 Å². The van der Waals surface area contributed by atoms with Crippen LogP contribution < -0.4 is 5.32 Å². The van der Waals surface area contributed by atoms with E-state index in [1.54, 1.807) is 12.1 Å². The maximum absolute atomic E-state index is 13.0. The number of oxazole rings is 1. The second kappa shape index (κ2) is 10.8. The van der Waals surface area contributed by atoms with Crippen molar-refractivity contribution in [2.24, 2.45) is 0 Å². The summed E-state index contributed by atoms with van der Waals surface area (Å²) in [7, 11) is 0. The average Bonchev–Trinajstić information content (AvgIpc) is 3.26. The quantitative estimate of drug-likeness (QED) is 0.444. The van der Waals surface area contributed by atoms with E-state index in [2.05, 4.69) is 74.1 Å². The maximum atomic E-state index is 13.0. The average molecular weight is 452 g/mol. The Balaban J connectivity index is 1.62. The van der Waals surface area contributed by atoms with Crippen LogP contribution in [0.4, 0.5) is 4.39 Å². The third-order valence-corrected chi connectivity index (χ3v) is 5.91. The summed E-state index contributed by atoms with van der Waals surface area (Å²) in [4.78, 5) is 19.2. The fourth-order valence-corrected chi connectivity index (χ4v) is 3.51. The molecule has 0 aliphatic carbocycles. The molecule has 1 atom stereocenters. The summed E-state index contributed by atoms with van der Waals surface area (Å²) in [6.07, 6.45) is 2.38. The Kier molecular flexibility index (Phi) is 8.03. The summed E-state index contributed by atoms with van der Waals surface area (Å²) >= 11 is 0. The van der Waals surface area contributed by atoms with Crippen LogP contribution in [0.1, 0.15) is 74.1 Å². The molecule has 1 amide bonds. The summed E-state index contributed by atoms with van der Waals surface area (Å²) in [5.41, 5.74) is 3.72. The zero-order valence-electron chi connectivity index (χ0n) is 20.2. The highest BCUT2D eigenvalue weighted by Gasteiger charge is 2.19. The normalized spacial score (nSPS) is 12.7. The summed E-state index contributed by atoms with van der Waals surface area (Å²) in [5.74, 6) is -0.113. The Morgan fingerprint density at radius 3 is 2.30 bits per heavy atom. The highest BCUT2D eigenvalue weighted by Crippen LogP contribution is 2.23. The molecule has 6 heteroatoms. The topological polar surface area (TPSA) is 58.4 Å². The van der Waals surface area contributed by atoms with E-state index in [1.165, 1.54) is 29.5 Å². The minimum Gasteiger partial charge on any atom is -0.447 e. The molecule has 0 saturated heterocycles. The maximum Gasteiger partial charge on any atom is 0.273 e. The zero-order valence-corrected chi connectivity index (χ0v) is 20.2. The highest BCUT2D eigenvalue weighted by molar-refractivity contribution is 5.91. The van der Waals surface area contributed by atoms with Crippen LogP contribution in [0.15, 0.2) is 59.2 Å². The summed E-state index contributed by atoms with van der Waals surface area (Å²) in [6.45, 7) is 12.6. The molecular weight excluding hydrogens is 417 g/mol. The number of halogens is 1. The van der Waals surface area contributed by atoms with Crippen LogP contribution in [0.2, 0.25) is 0 Å². The zero-order chi connectivity index (χ0) is 24.0. The molecule has 0 saturated carbocycles. The monoisotopic (exact) mass is 451 g/mol. The molecule has 1 aromatic heterocycles. The first kappa shape index (κ1) is 24.6. The molecule has 3 aromatic rings. The van der Waals surface area contributed by atoms with Crippen LogP contribution in [0.5, 0.6) is 0 Å². The Morgan fingerprint density at radius 1 is 1.06 bits per heavy atom. The minimum atomic E-state index is -0.317. The van der Waals surface area contributed by atoms with E-state index >= 15 is 0 Å². The second-order valence-corrected chi connectivity index (χ2v) is 9.54. The minimum absolute atomic E-state index is 0.126. The first-order valence-corrected chi connectivity index (χ1v) is 11.5. The van der Waals surface area contributed by atoms with Gasteiger partial charge in [-0.2, -0.15) is 0 Å². The number of carbonyl (C=O) groups is 1. The number of nitrogens with zero attached hydrogens (tertiary/aromatic N) is 2. The van der Waals surface area contributed by atoms with Crippen molar-refractivity contribution in [3.05, 3.63) is 88.9 Å². The van der Waals surface area contributed by atoms with Gasteiger partial charge < -0.3 is 9.73 Å². The molecule has 1 heterocycles. The van der Waals surface area contributed by atoms with E-state index in [-0.39, 0.29) is 22.8 Å². The van der Waals surface area contributed by atoms with Crippen molar-refractivity contribution in [1.29, 1.82) is 0 Å². The SMILES string of the molecule is CC[C@@H](C)N(Cc1ccc(C(C)(C)C)cc1)Cc1nc(C(=O)NCc2ccc(F)cc2)co1. The molecule has 0 fully saturated rings. The number of amides is 1. The van der Waals surface area contributed by atoms with Crippen LogP contribution in [-0.2, 0) is 25.0 Å².